The molecule has 3 aromatic carbocycles. The van der Waals surface area contributed by atoms with Gasteiger partial charge in [0.1, 0.15) is 0 Å². The molecular weight excluding hydrogens is 488 g/mol. The zero-order chi connectivity index (χ0) is 27.3. The van der Waals surface area contributed by atoms with Crippen molar-refractivity contribution in [3.63, 3.8) is 0 Å². The van der Waals surface area contributed by atoms with E-state index in [1.165, 1.54) is 22.3 Å². The maximum atomic E-state index is 13.5. The summed E-state index contributed by atoms with van der Waals surface area (Å²) in [5.41, 5.74) is 8.54. The van der Waals surface area contributed by atoms with Crippen LogP contribution in [-0.4, -0.2) is 8.42 Å². The van der Waals surface area contributed by atoms with E-state index in [4.69, 9.17) is 0 Å². The van der Waals surface area contributed by atoms with Crippen molar-refractivity contribution in [2.45, 2.75) is 58.0 Å². The lowest BCUT2D eigenvalue weighted by Crippen LogP contribution is -2.37. The van der Waals surface area contributed by atoms with Gasteiger partial charge >= 0.3 is 0 Å². The van der Waals surface area contributed by atoms with Gasteiger partial charge in [0.25, 0.3) is 0 Å². The molecule has 2 atom stereocenters. The first-order valence-electron chi connectivity index (χ1n) is 13.1. The molecule has 0 heterocycles. The van der Waals surface area contributed by atoms with Crippen molar-refractivity contribution < 1.29 is 8.42 Å². The van der Waals surface area contributed by atoms with Crippen LogP contribution in [-0.2, 0) is 10.0 Å². The van der Waals surface area contributed by atoms with Crippen molar-refractivity contribution >= 4 is 10.0 Å². The van der Waals surface area contributed by atoms with Gasteiger partial charge in [0, 0.05) is 5.92 Å². The van der Waals surface area contributed by atoms with Gasteiger partial charge in [0.05, 0.1) is 17.0 Å². The number of hydrogen-bond donors (Lipinski definition) is 2. The van der Waals surface area contributed by atoms with E-state index in [9.17, 15) is 8.42 Å². The summed E-state index contributed by atoms with van der Waals surface area (Å²) in [5, 5.41) is 3.55. The lowest BCUT2D eigenvalue weighted by molar-refractivity contribution is 0.462. The maximum absolute atomic E-state index is 13.5. The Kier molecular flexibility index (Phi) is 8.70. The zero-order valence-corrected chi connectivity index (χ0v) is 23.7. The second-order valence-corrected chi connectivity index (χ2v) is 11.9. The fraction of sp³-hybridized carbons (Fsp3) is 0.273. The molecule has 0 saturated carbocycles. The van der Waals surface area contributed by atoms with E-state index in [1.54, 1.807) is 12.1 Å². The van der Waals surface area contributed by atoms with Crippen LogP contribution in [0.5, 0.6) is 0 Å². The SMILES string of the molecule is CC1=C(C)C(C/C=C\N[C@@H](c2ccccc2)[C@@H](NS(=O)(=O)c2ccc(C)cc2)c2ccccc2)C(C)=C1C. The molecule has 4 nitrogen and oxygen atoms in total. The van der Waals surface area contributed by atoms with Crippen molar-refractivity contribution in [2.75, 3.05) is 0 Å². The van der Waals surface area contributed by atoms with Gasteiger partial charge in [0.15, 0.2) is 0 Å². The van der Waals surface area contributed by atoms with Gasteiger partial charge in [-0.15, -0.1) is 0 Å². The molecule has 1 aliphatic rings. The Hall–Kier alpha value is -3.41. The number of aryl methyl sites for hydroxylation is 1. The highest BCUT2D eigenvalue weighted by Crippen LogP contribution is 2.38. The molecule has 5 heteroatoms. The second kappa shape index (κ2) is 12.0. The van der Waals surface area contributed by atoms with Crippen LogP contribution >= 0.6 is 0 Å². The topological polar surface area (TPSA) is 58.2 Å². The fourth-order valence-corrected chi connectivity index (χ4v) is 6.39. The van der Waals surface area contributed by atoms with Crippen LogP contribution < -0.4 is 10.0 Å². The van der Waals surface area contributed by atoms with E-state index in [-0.39, 0.29) is 10.9 Å². The minimum Gasteiger partial charge on any atom is -0.382 e. The second-order valence-electron chi connectivity index (χ2n) is 10.2. The third kappa shape index (κ3) is 6.17. The lowest BCUT2D eigenvalue weighted by Gasteiger charge is -2.29. The van der Waals surface area contributed by atoms with Crippen LogP contribution in [0.2, 0.25) is 0 Å². The average molecular weight is 527 g/mol. The molecule has 0 fully saturated rings. The summed E-state index contributed by atoms with van der Waals surface area (Å²) in [6, 6.07) is 25.9. The molecule has 4 rings (SSSR count). The molecule has 0 unspecified atom stereocenters. The highest BCUT2D eigenvalue weighted by Gasteiger charge is 2.29. The highest BCUT2D eigenvalue weighted by molar-refractivity contribution is 7.89. The standard InChI is InChI=1S/C33H38N2O2S/c1-23-18-20-30(21-19-23)38(36,37)35-33(29-15-10-7-11-16-29)32(28-13-8-6-9-14-28)34-22-12-17-31-26(4)24(2)25(3)27(31)5/h6-16,18-22,31-35H,17H2,1-5H3/b22-12-/t32-,33-/m0/s1. The van der Waals surface area contributed by atoms with E-state index >= 15 is 0 Å². The lowest BCUT2D eigenvalue weighted by atomic mass is 9.93. The predicted octanol–water partition coefficient (Wildman–Crippen LogP) is 7.55. The molecule has 38 heavy (non-hydrogen) atoms. The van der Waals surface area contributed by atoms with Gasteiger partial charge in [-0.3, -0.25) is 0 Å². The molecule has 0 bridgehead atoms. The zero-order valence-electron chi connectivity index (χ0n) is 22.9. The average Bonchev–Trinajstić information content (AvgIpc) is 3.11. The van der Waals surface area contributed by atoms with Crippen LogP contribution in [0.15, 0.2) is 124 Å². The van der Waals surface area contributed by atoms with Crippen LogP contribution in [0, 0.1) is 12.8 Å². The third-order valence-electron chi connectivity index (χ3n) is 7.82. The van der Waals surface area contributed by atoms with Gasteiger partial charge in [-0.2, -0.15) is 0 Å². The number of sulfonamides is 1. The Labute approximate surface area is 228 Å². The van der Waals surface area contributed by atoms with Gasteiger partial charge in [-0.25, -0.2) is 13.1 Å². The number of nitrogens with one attached hydrogen (secondary N) is 2. The van der Waals surface area contributed by atoms with E-state index in [0.29, 0.717) is 5.92 Å². The smallest absolute Gasteiger partial charge is 0.241 e. The van der Waals surface area contributed by atoms with Crippen LogP contribution in [0.1, 0.15) is 62.9 Å². The molecule has 1 aliphatic carbocycles. The fourth-order valence-electron chi connectivity index (χ4n) is 5.16. The number of allylic oxidation sites excluding steroid dienone is 5. The number of rotatable bonds is 10. The summed E-state index contributed by atoms with van der Waals surface area (Å²) in [5.74, 6) is 0.410. The highest BCUT2D eigenvalue weighted by atomic mass is 32.2. The monoisotopic (exact) mass is 526 g/mol. The summed E-state index contributed by atoms with van der Waals surface area (Å²) >= 11 is 0. The van der Waals surface area contributed by atoms with E-state index in [1.807, 2.05) is 85.9 Å². The maximum Gasteiger partial charge on any atom is 0.241 e. The Morgan fingerprint density at radius 1 is 0.711 bits per heavy atom. The van der Waals surface area contributed by atoms with Crippen molar-refractivity contribution in [1.82, 2.24) is 10.0 Å². The van der Waals surface area contributed by atoms with E-state index in [2.05, 4.69) is 43.8 Å². The molecule has 0 aliphatic heterocycles. The minimum absolute atomic E-state index is 0.253. The molecule has 0 spiro atoms. The molecular formula is C33H38N2O2S. The first-order chi connectivity index (χ1) is 18.2. The van der Waals surface area contributed by atoms with Gasteiger partial charge in [0.2, 0.25) is 10.0 Å². The predicted molar refractivity (Wildman–Crippen MR) is 157 cm³/mol. The van der Waals surface area contributed by atoms with Gasteiger partial charge in [-0.1, -0.05) is 95.6 Å². The Morgan fingerprint density at radius 2 is 1.21 bits per heavy atom. The van der Waals surface area contributed by atoms with Crippen LogP contribution in [0.3, 0.4) is 0 Å². The number of hydrogen-bond acceptors (Lipinski definition) is 3. The van der Waals surface area contributed by atoms with Gasteiger partial charge < -0.3 is 5.32 Å². The van der Waals surface area contributed by atoms with Crippen molar-refractivity contribution in [1.29, 1.82) is 0 Å². The molecule has 0 radical (unpaired) electrons. The quantitative estimate of drug-likeness (QED) is 0.287. The Morgan fingerprint density at radius 3 is 1.74 bits per heavy atom. The molecule has 0 aromatic heterocycles. The van der Waals surface area contributed by atoms with Crippen molar-refractivity contribution in [3.05, 3.63) is 136 Å². The third-order valence-corrected chi connectivity index (χ3v) is 9.28. The Balaban J connectivity index is 1.65. The van der Waals surface area contributed by atoms with Crippen molar-refractivity contribution in [2.24, 2.45) is 5.92 Å². The molecule has 2 N–H and O–H groups in total. The number of benzene rings is 3. The molecule has 0 amide bonds. The van der Waals surface area contributed by atoms with Crippen LogP contribution in [0.25, 0.3) is 0 Å². The van der Waals surface area contributed by atoms with Crippen LogP contribution in [0.4, 0.5) is 0 Å². The summed E-state index contributed by atoms with van der Waals surface area (Å²) in [6.45, 7) is 10.8. The summed E-state index contributed by atoms with van der Waals surface area (Å²) in [6.07, 6.45) is 5.04. The Bertz CT molecular complexity index is 1410. The minimum atomic E-state index is -3.77. The van der Waals surface area contributed by atoms with E-state index in [0.717, 1.165) is 23.1 Å². The normalized spacial score (nSPS) is 16.3. The molecule has 0 saturated heterocycles. The molecule has 3 aromatic rings. The van der Waals surface area contributed by atoms with Gasteiger partial charge in [-0.05, 0) is 81.6 Å². The first-order valence-corrected chi connectivity index (χ1v) is 14.6. The van der Waals surface area contributed by atoms with E-state index < -0.39 is 16.1 Å². The summed E-state index contributed by atoms with van der Waals surface area (Å²) in [7, 11) is -3.77. The summed E-state index contributed by atoms with van der Waals surface area (Å²) in [4.78, 5) is 0.253. The summed E-state index contributed by atoms with van der Waals surface area (Å²) < 4.78 is 30.1. The largest absolute Gasteiger partial charge is 0.382 e. The molecule has 198 valence electrons. The van der Waals surface area contributed by atoms with Crippen molar-refractivity contribution in [3.8, 4) is 0 Å². The first kappa shape index (κ1) is 27.6.